The lowest BCUT2D eigenvalue weighted by molar-refractivity contribution is 0.0168. The van der Waals surface area contributed by atoms with Crippen molar-refractivity contribution in [1.82, 2.24) is 10.6 Å². The lowest BCUT2D eigenvalue weighted by Gasteiger charge is -2.14. The smallest absolute Gasteiger partial charge is 0.191 e. The van der Waals surface area contributed by atoms with Crippen LogP contribution in [-0.4, -0.2) is 51.6 Å². The number of benzene rings is 1. The van der Waals surface area contributed by atoms with Crippen molar-refractivity contribution in [2.75, 3.05) is 33.4 Å². The Morgan fingerprint density at radius 2 is 2.15 bits per heavy atom. The van der Waals surface area contributed by atoms with Crippen LogP contribution in [0, 0.1) is 0 Å². The van der Waals surface area contributed by atoms with Crippen LogP contribution < -0.4 is 10.6 Å². The molecule has 1 aliphatic rings. The molecule has 0 saturated carbocycles. The zero-order chi connectivity index (χ0) is 19.3. The van der Waals surface area contributed by atoms with Crippen LogP contribution in [0.1, 0.15) is 44.2 Å². The fourth-order valence-electron chi connectivity index (χ4n) is 2.87. The fourth-order valence-corrected chi connectivity index (χ4v) is 2.87. The fraction of sp³-hybridized carbons (Fsp3) is 0.667. The quantitative estimate of drug-likeness (QED) is 0.353. The van der Waals surface area contributed by atoms with E-state index < -0.39 is 0 Å². The molecule has 6 nitrogen and oxygen atoms in total. The van der Waals surface area contributed by atoms with E-state index in [1.54, 1.807) is 7.05 Å². The van der Waals surface area contributed by atoms with E-state index >= 15 is 0 Å². The van der Waals surface area contributed by atoms with Gasteiger partial charge in [0.2, 0.25) is 0 Å². The van der Waals surface area contributed by atoms with Gasteiger partial charge in [0.05, 0.1) is 25.4 Å². The molecule has 2 rings (SSSR count). The monoisotopic (exact) mass is 377 g/mol. The first-order valence-electron chi connectivity index (χ1n) is 10.0. The zero-order valence-electron chi connectivity index (χ0n) is 17.0. The van der Waals surface area contributed by atoms with Gasteiger partial charge < -0.3 is 24.8 Å². The zero-order valence-corrected chi connectivity index (χ0v) is 17.0. The van der Waals surface area contributed by atoms with Gasteiger partial charge in [-0.15, -0.1) is 0 Å². The van der Waals surface area contributed by atoms with Crippen molar-refractivity contribution in [3.63, 3.8) is 0 Å². The number of guanidine groups is 1. The van der Waals surface area contributed by atoms with Crippen molar-refractivity contribution in [1.29, 1.82) is 0 Å². The molecule has 0 aliphatic carbocycles. The Kier molecular flexibility index (Phi) is 10.2. The van der Waals surface area contributed by atoms with E-state index in [1.807, 2.05) is 0 Å². The summed E-state index contributed by atoms with van der Waals surface area (Å²) in [6.07, 6.45) is 3.76. The largest absolute Gasteiger partial charge is 0.379 e. The molecule has 1 fully saturated rings. The number of hydrogen-bond acceptors (Lipinski definition) is 4. The third kappa shape index (κ3) is 9.22. The highest BCUT2D eigenvalue weighted by molar-refractivity contribution is 5.79. The predicted octanol–water partition coefficient (Wildman–Crippen LogP) is 2.86. The van der Waals surface area contributed by atoms with Crippen LogP contribution in [0.3, 0.4) is 0 Å². The first-order chi connectivity index (χ1) is 13.2. The van der Waals surface area contributed by atoms with E-state index in [0.29, 0.717) is 19.3 Å². The molecule has 0 radical (unpaired) electrons. The van der Waals surface area contributed by atoms with Gasteiger partial charge in [-0.05, 0) is 44.2 Å². The Morgan fingerprint density at radius 3 is 2.89 bits per heavy atom. The standard InChI is InChI=1S/C21H35N3O3/c1-17(2)27-15-19-8-4-7-18(13-19)14-24-21(22-3)23-10-6-11-25-16-20-9-5-12-26-20/h4,7-8,13,17,20H,5-6,9-12,14-16H2,1-3H3,(H2,22,23,24). The van der Waals surface area contributed by atoms with Crippen molar-refractivity contribution in [2.45, 2.75) is 58.5 Å². The first kappa shape index (κ1) is 21.7. The van der Waals surface area contributed by atoms with Crippen molar-refractivity contribution in [2.24, 2.45) is 4.99 Å². The maximum atomic E-state index is 5.68. The van der Waals surface area contributed by atoms with Gasteiger partial charge >= 0.3 is 0 Å². The van der Waals surface area contributed by atoms with Gasteiger partial charge in [-0.1, -0.05) is 24.3 Å². The molecule has 1 unspecified atom stereocenters. The Hall–Kier alpha value is -1.63. The maximum Gasteiger partial charge on any atom is 0.191 e. The molecule has 6 heteroatoms. The van der Waals surface area contributed by atoms with Crippen molar-refractivity contribution in [3.05, 3.63) is 35.4 Å². The van der Waals surface area contributed by atoms with Crippen molar-refractivity contribution < 1.29 is 14.2 Å². The molecule has 1 heterocycles. The summed E-state index contributed by atoms with van der Waals surface area (Å²) >= 11 is 0. The van der Waals surface area contributed by atoms with E-state index in [-0.39, 0.29) is 6.10 Å². The van der Waals surface area contributed by atoms with Crippen LogP contribution in [0.25, 0.3) is 0 Å². The molecule has 1 aromatic carbocycles. The first-order valence-corrected chi connectivity index (χ1v) is 10.0. The molecule has 0 aromatic heterocycles. The summed E-state index contributed by atoms with van der Waals surface area (Å²) in [6, 6.07) is 8.44. The minimum absolute atomic E-state index is 0.240. The van der Waals surface area contributed by atoms with Crippen LogP contribution in [-0.2, 0) is 27.4 Å². The summed E-state index contributed by atoms with van der Waals surface area (Å²) in [7, 11) is 1.79. The third-order valence-corrected chi connectivity index (χ3v) is 4.34. The number of rotatable bonds is 11. The molecular weight excluding hydrogens is 342 g/mol. The maximum absolute atomic E-state index is 5.68. The van der Waals surface area contributed by atoms with Gasteiger partial charge in [0.15, 0.2) is 5.96 Å². The number of aliphatic imine (C=N–C) groups is 1. The summed E-state index contributed by atoms with van der Waals surface area (Å²) in [4.78, 5) is 4.27. The second-order valence-electron chi connectivity index (χ2n) is 7.10. The Morgan fingerprint density at radius 1 is 1.30 bits per heavy atom. The number of hydrogen-bond donors (Lipinski definition) is 2. The molecule has 1 atom stereocenters. The van der Waals surface area contributed by atoms with Crippen molar-refractivity contribution in [3.8, 4) is 0 Å². The molecule has 152 valence electrons. The van der Waals surface area contributed by atoms with E-state index in [4.69, 9.17) is 14.2 Å². The summed E-state index contributed by atoms with van der Waals surface area (Å²) in [6.45, 7) is 8.63. The molecule has 0 amide bonds. The van der Waals surface area contributed by atoms with Crippen LogP contribution in [0.5, 0.6) is 0 Å². The van der Waals surface area contributed by atoms with E-state index in [0.717, 1.165) is 51.5 Å². The van der Waals surface area contributed by atoms with Gasteiger partial charge in [-0.25, -0.2) is 0 Å². The minimum Gasteiger partial charge on any atom is -0.379 e. The lowest BCUT2D eigenvalue weighted by Crippen LogP contribution is -2.37. The topological polar surface area (TPSA) is 64.1 Å². The van der Waals surface area contributed by atoms with Crippen LogP contribution in [0.4, 0.5) is 0 Å². The summed E-state index contributed by atoms with van der Waals surface area (Å²) in [5, 5.41) is 6.68. The van der Waals surface area contributed by atoms with Gasteiger partial charge in [-0.3, -0.25) is 4.99 Å². The number of nitrogens with zero attached hydrogens (tertiary/aromatic N) is 1. The van der Waals surface area contributed by atoms with E-state index in [2.05, 4.69) is 53.7 Å². The summed E-state index contributed by atoms with van der Waals surface area (Å²) in [5.41, 5.74) is 2.40. The molecule has 2 N–H and O–H groups in total. The van der Waals surface area contributed by atoms with Gasteiger partial charge in [0, 0.05) is 33.4 Å². The predicted molar refractivity (Wildman–Crippen MR) is 109 cm³/mol. The average Bonchev–Trinajstić information content (AvgIpc) is 3.19. The average molecular weight is 378 g/mol. The summed E-state index contributed by atoms with van der Waals surface area (Å²) < 4.78 is 16.9. The van der Waals surface area contributed by atoms with Crippen LogP contribution in [0.15, 0.2) is 29.3 Å². The Balaban J connectivity index is 1.60. The highest BCUT2D eigenvalue weighted by Gasteiger charge is 2.14. The van der Waals surface area contributed by atoms with E-state index in [9.17, 15) is 0 Å². The Labute approximate surface area is 163 Å². The number of ether oxygens (including phenoxy) is 3. The van der Waals surface area contributed by atoms with Gasteiger partial charge in [0.25, 0.3) is 0 Å². The molecule has 27 heavy (non-hydrogen) atoms. The van der Waals surface area contributed by atoms with Crippen LogP contribution in [0.2, 0.25) is 0 Å². The van der Waals surface area contributed by atoms with Gasteiger partial charge in [-0.2, -0.15) is 0 Å². The summed E-state index contributed by atoms with van der Waals surface area (Å²) in [5.74, 6) is 0.804. The number of nitrogens with one attached hydrogen (secondary N) is 2. The molecule has 1 saturated heterocycles. The molecule has 0 spiro atoms. The van der Waals surface area contributed by atoms with E-state index in [1.165, 1.54) is 11.1 Å². The SMILES string of the molecule is CN=C(NCCCOCC1CCCO1)NCc1cccc(COC(C)C)c1. The molecule has 0 bridgehead atoms. The Bertz CT molecular complexity index is 557. The third-order valence-electron chi connectivity index (χ3n) is 4.34. The highest BCUT2D eigenvalue weighted by Crippen LogP contribution is 2.11. The van der Waals surface area contributed by atoms with Gasteiger partial charge in [0.1, 0.15) is 0 Å². The lowest BCUT2D eigenvalue weighted by atomic mass is 10.1. The second kappa shape index (κ2) is 12.7. The molecular formula is C21H35N3O3. The van der Waals surface area contributed by atoms with Crippen molar-refractivity contribution >= 4 is 5.96 Å². The highest BCUT2D eigenvalue weighted by atomic mass is 16.5. The molecule has 1 aliphatic heterocycles. The van der Waals surface area contributed by atoms with Crippen LogP contribution >= 0.6 is 0 Å². The minimum atomic E-state index is 0.240. The second-order valence-corrected chi connectivity index (χ2v) is 7.10. The normalized spacial score (nSPS) is 17.5. The molecule has 1 aromatic rings.